The fraction of sp³-hybridized carbons (Fsp3) is 0.133. The molecule has 0 saturated heterocycles. The van der Waals surface area contributed by atoms with E-state index in [1.807, 2.05) is 0 Å². The van der Waals surface area contributed by atoms with E-state index >= 15 is 0 Å². The monoisotopic (exact) mass is 320 g/mol. The van der Waals surface area contributed by atoms with Crippen LogP contribution in [0.2, 0.25) is 5.02 Å². The molecule has 0 atom stereocenters. The number of hydrogen-bond acceptors (Lipinski definition) is 4. The number of amides is 1. The topological polar surface area (TPSA) is 88.3 Å². The van der Waals surface area contributed by atoms with Gasteiger partial charge < -0.3 is 15.0 Å². The second-order valence-corrected chi connectivity index (χ2v) is 4.95. The Balaban J connectivity index is 1.95. The standard InChI is InChI=1S/C15H13ClN2O4/c1-9-6-17-7-12(14(9)20)15(21)22-8-13(19)18-11-4-2-3-10(16)5-11/h2-7H,8H2,1H3,(H,17,20)(H,18,19). The summed E-state index contributed by atoms with van der Waals surface area (Å²) in [5.74, 6) is -1.38. The van der Waals surface area contributed by atoms with Gasteiger partial charge in [0.25, 0.3) is 5.91 Å². The number of pyridine rings is 1. The van der Waals surface area contributed by atoms with Gasteiger partial charge in [0, 0.05) is 28.7 Å². The van der Waals surface area contributed by atoms with Gasteiger partial charge >= 0.3 is 5.97 Å². The highest BCUT2D eigenvalue weighted by molar-refractivity contribution is 6.30. The predicted octanol–water partition coefficient (Wildman–Crippen LogP) is 2.13. The molecule has 0 radical (unpaired) electrons. The first-order valence-corrected chi connectivity index (χ1v) is 6.75. The van der Waals surface area contributed by atoms with Crippen LogP contribution >= 0.6 is 11.6 Å². The van der Waals surface area contributed by atoms with Crippen molar-refractivity contribution < 1.29 is 14.3 Å². The smallest absolute Gasteiger partial charge is 0.344 e. The normalized spacial score (nSPS) is 10.1. The van der Waals surface area contributed by atoms with Crippen LogP contribution in [-0.2, 0) is 9.53 Å². The molecule has 0 spiro atoms. The Kier molecular flexibility index (Phi) is 4.95. The quantitative estimate of drug-likeness (QED) is 0.845. The SMILES string of the molecule is Cc1c[nH]cc(C(=O)OCC(=O)Nc2cccc(Cl)c2)c1=O. The van der Waals surface area contributed by atoms with Gasteiger partial charge in [-0.25, -0.2) is 4.79 Å². The van der Waals surface area contributed by atoms with Crippen molar-refractivity contribution in [3.05, 3.63) is 63.0 Å². The number of nitrogens with one attached hydrogen (secondary N) is 2. The van der Waals surface area contributed by atoms with Crippen molar-refractivity contribution in [2.24, 2.45) is 0 Å². The van der Waals surface area contributed by atoms with Gasteiger partial charge in [0.05, 0.1) is 0 Å². The van der Waals surface area contributed by atoms with Gasteiger partial charge in [0.2, 0.25) is 0 Å². The van der Waals surface area contributed by atoms with E-state index in [9.17, 15) is 14.4 Å². The lowest BCUT2D eigenvalue weighted by molar-refractivity contribution is -0.119. The number of carbonyl (C=O) groups excluding carboxylic acids is 2. The van der Waals surface area contributed by atoms with Crippen LogP contribution in [0.25, 0.3) is 0 Å². The van der Waals surface area contributed by atoms with E-state index in [1.54, 1.807) is 31.2 Å². The van der Waals surface area contributed by atoms with E-state index in [2.05, 4.69) is 10.3 Å². The number of benzene rings is 1. The maximum Gasteiger partial charge on any atom is 0.344 e. The van der Waals surface area contributed by atoms with Gasteiger partial charge in [-0.1, -0.05) is 17.7 Å². The third kappa shape index (κ3) is 3.95. The lowest BCUT2D eigenvalue weighted by Gasteiger charge is -2.07. The van der Waals surface area contributed by atoms with Gasteiger partial charge in [-0.05, 0) is 25.1 Å². The number of anilines is 1. The molecule has 2 aromatic rings. The largest absolute Gasteiger partial charge is 0.452 e. The van der Waals surface area contributed by atoms with E-state index in [1.165, 1.54) is 12.4 Å². The highest BCUT2D eigenvalue weighted by atomic mass is 35.5. The number of aryl methyl sites for hydroxylation is 1. The average Bonchev–Trinajstić information content (AvgIpc) is 2.47. The third-order valence-corrected chi connectivity index (χ3v) is 3.03. The zero-order valence-electron chi connectivity index (χ0n) is 11.7. The van der Waals surface area contributed by atoms with Gasteiger partial charge in [0.15, 0.2) is 12.0 Å². The fourth-order valence-corrected chi connectivity index (χ4v) is 1.91. The van der Waals surface area contributed by atoms with Crippen molar-refractivity contribution in [3.63, 3.8) is 0 Å². The molecule has 6 nitrogen and oxygen atoms in total. The van der Waals surface area contributed by atoms with Crippen LogP contribution in [0.15, 0.2) is 41.5 Å². The lowest BCUT2D eigenvalue weighted by atomic mass is 10.2. The van der Waals surface area contributed by atoms with Crippen molar-refractivity contribution in [1.82, 2.24) is 4.98 Å². The molecule has 1 amide bonds. The first-order chi connectivity index (χ1) is 10.5. The molecule has 114 valence electrons. The molecular weight excluding hydrogens is 308 g/mol. The third-order valence-electron chi connectivity index (χ3n) is 2.79. The Morgan fingerprint density at radius 1 is 1.32 bits per heavy atom. The summed E-state index contributed by atoms with van der Waals surface area (Å²) in [4.78, 5) is 37.9. The van der Waals surface area contributed by atoms with Crippen LogP contribution in [0.4, 0.5) is 5.69 Å². The molecule has 0 saturated carbocycles. The van der Waals surface area contributed by atoms with Crippen molar-refractivity contribution >= 4 is 29.2 Å². The van der Waals surface area contributed by atoms with Gasteiger partial charge in [-0.3, -0.25) is 9.59 Å². The minimum atomic E-state index is -0.855. The minimum Gasteiger partial charge on any atom is -0.452 e. The summed E-state index contributed by atoms with van der Waals surface area (Å²) in [6.45, 7) is 1.07. The Morgan fingerprint density at radius 3 is 2.82 bits per heavy atom. The summed E-state index contributed by atoms with van der Waals surface area (Å²) in [7, 11) is 0. The summed E-state index contributed by atoms with van der Waals surface area (Å²) in [5, 5.41) is 3.00. The number of aromatic amines is 1. The second kappa shape index (κ2) is 6.91. The lowest BCUT2D eigenvalue weighted by Crippen LogP contribution is -2.24. The summed E-state index contributed by atoms with van der Waals surface area (Å²) >= 11 is 5.79. The first kappa shape index (κ1) is 15.8. The molecule has 0 fully saturated rings. The molecule has 22 heavy (non-hydrogen) atoms. The maximum absolute atomic E-state index is 11.8. The second-order valence-electron chi connectivity index (χ2n) is 4.52. The molecule has 0 aliphatic rings. The number of aromatic nitrogens is 1. The van der Waals surface area contributed by atoms with Crippen LogP contribution in [0.3, 0.4) is 0 Å². The van der Waals surface area contributed by atoms with Crippen LogP contribution in [0, 0.1) is 6.92 Å². The van der Waals surface area contributed by atoms with E-state index < -0.39 is 23.9 Å². The summed E-state index contributed by atoms with van der Waals surface area (Å²) in [6.07, 6.45) is 2.72. The number of rotatable bonds is 4. The molecule has 0 aliphatic heterocycles. The van der Waals surface area contributed by atoms with Crippen LogP contribution < -0.4 is 10.7 Å². The highest BCUT2D eigenvalue weighted by Crippen LogP contribution is 2.14. The molecular formula is C15H13ClN2O4. The molecule has 1 aromatic heterocycles. The number of esters is 1. The first-order valence-electron chi connectivity index (χ1n) is 6.37. The molecule has 0 unspecified atom stereocenters. The van der Waals surface area contributed by atoms with Gasteiger partial charge in [0.1, 0.15) is 5.56 Å². The zero-order valence-corrected chi connectivity index (χ0v) is 12.4. The van der Waals surface area contributed by atoms with E-state index in [0.717, 1.165) is 0 Å². The molecule has 7 heteroatoms. The minimum absolute atomic E-state index is 0.143. The number of carbonyl (C=O) groups is 2. The highest BCUT2D eigenvalue weighted by Gasteiger charge is 2.14. The Bertz CT molecular complexity index is 770. The molecule has 0 bridgehead atoms. The average molecular weight is 321 g/mol. The molecule has 2 N–H and O–H groups in total. The number of hydrogen-bond donors (Lipinski definition) is 2. The molecule has 1 heterocycles. The number of ether oxygens (including phenoxy) is 1. The summed E-state index contributed by atoms with van der Waals surface area (Å²) in [5.41, 5.74) is 0.300. The van der Waals surface area contributed by atoms with Crippen molar-refractivity contribution in [2.45, 2.75) is 6.92 Å². The Hall–Kier alpha value is -2.60. The fourth-order valence-electron chi connectivity index (χ4n) is 1.72. The predicted molar refractivity (Wildman–Crippen MR) is 82.2 cm³/mol. The molecule has 1 aromatic carbocycles. The zero-order chi connectivity index (χ0) is 16.1. The Morgan fingerprint density at radius 2 is 2.09 bits per heavy atom. The Labute approximate surface area is 131 Å². The molecule has 2 rings (SSSR count). The van der Waals surface area contributed by atoms with Crippen LogP contribution in [-0.4, -0.2) is 23.5 Å². The van der Waals surface area contributed by atoms with Gasteiger partial charge in [-0.2, -0.15) is 0 Å². The summed E-state index contributed by atoms with van der Waals surface area (Å²) in [6, 6.07) is 6.56. The van der Waals surface area contributed by atoms with Crippen LogP contribution in [0.1, 0.15) is 15.9 Å². The van der Waals surface area contributed by atoms with Crippen molar-refractivity contribution in [1.29, 1.82) is 0 Å². The van der Waals surface area contributed by atoms with E-state index in [4.69, 9.17) is 16.3 Å². The number of H-pyrrole nitrogens is 1. The maximum atomic E-state index is 11.8. The number of halogens is 1. The van der Waals surface area contributed by atoms with Crippen LogP contribution in [0.5, 0.6) is 0 Å². The van der Waals surface area contributed by atoms with E-state index in [-0.39, 0.29) is 5.56 Å². The molecule has 0 aliphatic carbocycles. The van der Waals surface area contributed by atoms with Crippen molar-refractivity contribution in [3.8, 4) is 0 Å². The van der Waals surface area contributed by atoms with Gasteiger partial charge in [-0.15, -0.1) is 0 Å². The van der Waals surface area contributed by atoms with Crippen molar-refractivity contribution in [2.75, 3.05) is 11.9 Å². The summed E-state index contributed by atoms with van der Waals surface area (Å²) < 4.78 is 4.82. The van der Waals surface area contributed by atoms with E-state index in [0.29, 0.717) is 16.3 Å².